The molecule has 2 heteroatoms. The standard InChI is InChI=1S/C17H15BrO/c1-11-6-14(9-15(18)7-11)17(19)10-13-8-12-4-2-3-5-16(12)13/h2-7,9,13H,8,10H2,1H3. The summed E-state index contributed by atoms with van der Waals surface area (Å²) in [6, 6.07) is 14.3. The number of fused-ring (bicyclic) bond motifs is 1. The highest BCUT2D eigenvalue weighted by Crippen LogP contribution is 2.38. The summed E-state index contributed by atoms with van der Waals surface area (Å²) in [5.41, 5.74) is 4.68. The number of halogens is 1. The molecule has 0 radical (unpaired) electrons. The van der Waals surface area contributed by atoms with E-state index >= 15 is 0 Å². The van der Waals surface area contributed by atoms with E-state index in [0.717, 1.165) is 22.0 Å². The zero-order valence-corrected chi connectivity index (χ0v) is 12.4. The molecule has 0 amide bonds. The van der Waals surface area contributed by atoms with E-state index in [2.05, 4.69) is 40.2 Å². The summed E-state index contributed by atoms with van der Waals surface area (Å²) in [6.45, 7) is 2.01. The molecule has 0 bridgehead atoms. The van der Waals surface area contributed by atoms with Crippen molar-refractivity contribution in [3.8, 4) is 0 Å². The smallest absolute Gasteiger partial charge is 0.163 e. The van der Waals surface area contributed by atoms with Crippen LogP contribution in [0.25, 0.3) is 0 Å². The minimum absolute atomic E-state index is 0.240. The molecule has 0 N–H and O–H groups in total. The fraction of sp³-hybridized carbons (Fsp3) is 0.235. The molecule has 2 aromatic rings. The fourth-order valence-electron chi connectivity index (χ4n) is 2.78. The van der Waals surface area contributed by atoms with Gasteiger partial charge in [0, 0.05) is 16.5 Å². The predicted octanol–water partition coefficient (Wildman–Crippen LogP) is 4.67. The van der Waals surface area contributed by atoms with Crippen LogP contribution in [0.5, 0.6) is 0 Å². The van der Waals surface area contributed by atoms with Gasteiger partial charge >= 0.3 is 0 Å². The number of hydrogen-bond donors (Lipinski definition) is 0. The number of hydrogen-bond acceptors (Lipinski definition) is 1. The summed E-state index contributed by atoms with van der Waals surface area (Å²) in [5.74, 6) is 0.645. The summed E-state index contributed by atoms with van der Waals surface area (Å²) >= 11 is 3.45. The number of Topliss-reactive ketones (excluding diaryl/α,β-unsaturated/α-hetero) is 1. The summed E-state index contributed by atoms with van der Waals surface area (Å²) in [4.78, 5) is 12.3. The molecule has 0 aliphatic heterocycles. The minimum Gasteiger partial charge on any atom is -0.294 e. The number of aryl methyl sites for hydroxylation is 1. The lowest BCUT2D eigenvalue weighted by Gasteiger charge is -2.29. The maximum atomic E-state index is 12.3. The topological polar surface area (TPSA) is 17.1 Å². The van der Waals surface area contributed by atoms with Crippen molar-refractivity contribution in [3.05, 3.63) is 69.2 Å². The van der Waals surface area contributed by atoms with Gasteiger partial charge < -0.3 is 0 Å². The average molecular weight is 315 g/mol. The predicted molar refractivity (Wildman–Crippen MR) is 80.7 cm³/mol. The van der Waals surface area contributed by atoms with Crippen LogP contribution in [0.15, 0.2) is 46.9 Å². The molecular formula is C17H15BrO. The lowest BCUT2D eigenvalue weighted by atomic mass is 9.74. The summed E-state index contributed by atoms with van der Waals surface area (Å²) in [7, 11) is 0. The van der Waals surface area contributed by atoms with Crippen LogP contribution in [0.2, 0.25) is 0 Å². The zero-order chi connectivity index (χ0) is 13.4. The van der Waals surface area contributed by atoms with E-state index in [1.165, 1.54) is 11.1 Å². The minimum atomic E-state index is 0.240. The van der Waals surface area contributed by atoms with Crippen molar-refractivity contribution in [3.63, 3.8) is 0 Å². The van der Waals surface area contributed by atoms with Crippen LogP contribution in [-0.4, -0.2) is 5.78 Å². The number of rotatable bonds is 3. The Hall–Kier alpha value is -1.41. The van der Waals surface area contributed by atoms with Gasteiger partial charge in [0.1, 0.15) is 0 Å². The van der Waals surface area contributed by atoms with Crippen LogP contribution in [0.1, 0.15) is 39.4 Å². The summed E-state index contributed by atoms with van der Waals surface area (Å²) < 4.78 is 0.977. The normalized spacial score (nSPS) is 16.6. The molecule has 1 aliphatic rings. The van der Waals surface area contributed by atoms with Crippen molar-refractivity contribution >= 4 is 21.7 Å². The molecule has 1 aliphatic carbocycles. The van der Waals surface area contributed by atoms with Crippen LogP contribution >= 0.6 is 15.9 Å². The number of benzene rings is 2. The van der Waals surface area contributed by atoms with E-state index in [0.29, 0.717) is 12.3 Å². The number of ketones is 1. The molecule has 3 rings (SSSR count). The first kappa shape index (κ1) is 12.6. The largest absolute Gasteiger partial charge is 0.294 e. The number of carbonyl (C=O) groups is 1. The lowest BCUT2D eigenvalue weighted by Crippen LogP contribution is -2.20. The molecule has 1 atom stereocenters. The van der Waals surface area contributed by atoms with Gasteiger partial charge in [-0.3, -0.25) is 4.79 Å². The first-order valence-electron chi connectivity index (χ1n) is 6.51. The Morgan fingerprint density at radius 1 is 1.26 bits per heavy atom. The van der Waals surface area contributed by atoms with Gasteiger partial charge in [-0.05, 0) is 54.2 Å². The van der Waals surface area contributed by atoms with Gasteiger partial charge in [0.05, 0.1) is 0 Å². The van der Waals surface area contributed by atoms with Crippen LogP contribution in [-0.2, 0) is 6.42 Å². The van der Waals surface area contributed by atoms with E-state index in [-0.39, 0.29) is 5.78 Å². The van der Waals surface area contributed by atoms with E-state index in [4.69, 9.17) is 0 Å². The lowest BCUT2D eigenvalue weighted by molar-refractivity contribution is 0.0970. The number of carbonyl (C=O) groups excluding carboxylic acids is 1. The molecule has 19 heavy (non-hydrogen) atoms. The molecule has 96 valence electrons. The molecule has 0 aromatic heterocycles. The SMILES string of the molecule is Cc1cc(Br)cc(C(=O)CC2Cc3ccccc32)c1. The highest BCUT2D eigenvalue weighted by Gasteiger charge is 2.27. The molecule has 0 saturated heterocycles. The van der Waals surface area contributed by atoms with Crippen LogP contribution in [0.4, 0.5) is 0 Å². The second kappa shape index (κ2) is 4.93. The zero-order valence-electron chi connectivity index (χ0n) is 10.8. The molecule has 0 fully saturated rings. The third-order valence-corrected chi connectivity index (χ3v) is 4.21. The van der Waals surface area contributed by atoms with Crippen molar-refractivity contribution < 1.29 is 4.79 Å². The Kier molecular flexibility index (Phi) is 3.28. The van der Waals surface area contributed by atoms with Gasteiger partial charge in [0.2, 0.25) is 0 Å². The molecule has 1 nitrogen and oxygen atoms in total. The van der Waals surface area contributed by atoms with E-state index in [1.807, 2.05) is 25.1 Å². The van der Waals surface area contributed by atoms with Crippen LogP contribution in [0.3, 0.4) is 0 Å². The van der Waals surface area contributed by atoms with Crippen molar-refractivity contribution in [1.29, 1.82) is 0 Å². The quantitative estimate of drug-likeness (QED) is 0.752. The van der Waals surface area contributed by atoms with Gasteiger partial charge in [-0.15, -0.1) is 0 Å². The van der Waals surface area contributed by atoms with E-state index in [9.17, 15) is 4.79 Å². The van der Waals surface area contributed by atoms with Gasteiger partial charge in [0.15, 0.2) is 5.78 Å². The van der Waals surface area contributed by atoms with Crippen molar-refractivity contribution in [2.45, 2.75) is 25.7 Å². The van der Waals surface area contributed by atoms with Crippen molar-refractivity contribution in [2.75, 3.05) is 0 Å². The Morgan fingerprint density at radius 2 is 2.05 bits per heavy atom. The maximum Gasteiger partial charge on any atom is 0.163 e. The molecule has 1 unspecified atom stereocenters. The Balaban J connectivity index is 1.77. The van der Waals surface area contributed by atoms with Crippen molar-refractivity contribution in [1.82, 2.24) is 0 Å². The summed E-state index contributed by atoms with van der Waals surface area (Å²) in [5, 5.41) is 0. The third kappa shape index (κ3) is 2.50. The Labute approximate surface area is 121 Å². The average Bonchev–Trinajstić information content (AvgIpc) is 2.34. The fourth-order valence-corrected chi connectivity index (χ4v) is 3.39. The maximum absolute atomic E-state index is 12.3. The van der Waals surface area contributed by atoms with Gasteiger partial charge in [-0.2, -0.15) is 0 Å². The molecule has 0 spiro atoms. The van der Waals surface area contributed by atoms with E-state index in [1.54, 1.807) is 0 Å². The molecular weight excluding hydrogens is 300 g/mol. The Bertz CT molecular complexity index is 625. The first-order chi connectivity index (χ1) is 9.13. The highest BCUT2D eigenvalue weighted by molar-refractivity contribution is 9.10. The second-order valence-electron chi connectivity index (χ2n) is 5.24. The molecule has 0 saturated carbocycles. The van der Waals surface area contributed by atoms with Crippen LogP contribution < -0.4 is 0 Å². The van der Waals surface area contributed by atoms with E-state index < -0.39 is 0 Å². The Morgan fingerprint density at radius 3 is 2.79 bits per heavy atom. The third-order valence-electron chi connectivity index (χ3n) is 3.76. The van der Waals surface area contributed by atoms with Gasteiger partial charge in [-0.25, -0.2) is 0 Å². The summed E-state index contributed by atoms with van der Waals surface area (Å²) in [6.07, 6.45) is 1.65. The van der Waals surface area contributed by atoms with Crippen molar-refractivity contribution in [2.24, 2.45) is 0 Å². The highest BCUT2D eigenvalue weighted by atomic mass is 79.9. The van der Waals surface area contributed by atoms with Gasteiger partial charge in [0.25, 0.3) is 0 Å². The van der Waals surface area contributed by atoms with Crippen LogP contribution in [0, 0.1) is 6.92 Å². The van der Waals surface area contributed by atoms with Gasteiger partial charge in [-0.1, -0.05) is 40.2 Å². The second-order valence-corrected chi connectivity index (χ2v) is 6.16. The molecule has 2 aromatic carbocycles. The molecule has 0 heterocycles. The first-order valence-corrected chi connectivity index (χ1v) is 7.31. The monoisotopic (exact) mass is 314 g/mol.